The molecule has 0 bridgehead atoms. The highest BCUT2D eigenvalue weighted by Gasteiger charge is 2.33. The molecule has 0 radical (unpaired) electrons. The fourth-order valence-corrected chi connectivity index (χ4v) is 4.24. The van der Waals surface area contributed by atoms with Crippen LogP contribution in [-0.2, 0) is 11.0 Å². The van der Waals surface area contributed by atoms with Crippen molar-refractivity contribution >= 4 is 46.4 Å². The Morgan fingerprint density at radius 3 is 2.60 bits per heavy atom. The summed E-state index contributed by atoms with van der Waals surface area (Å²) in [5.41, 5.74) is 0.744. The van der Waals surface area contributed by atoms with E-state index < -0.39 is 11.9 Å². The highest BCUT2D eigenvalue weighted by molar-refractivity contribution is 7.08. The molecule has 3 aromatic heterocycles. The minimum atomic E-state index is -4.52. The van der Waals surface area contributed by atoms with E-state index in [0.717, 1.165) is 18.1 Å². The minimum Gasteiger partial charge on any atom is -0.354 e. The average molecular weight is 457 g/mol. The third-order valence-electron chi connectivity index (χ3n) is 5.07. The first kappa shape index (κ1) is 22.3. The van der Waals surface area contributed by atoms with Crippen LogP contribution in [0.5, 0.6) is 0 Å². The topological polar surface area (TPSA) is 49.3 Å². The number of hydrogen-bond donors (Lipinski definition) is 0. The van der Waals surface area contributed by atoms with Crippen LogP contribution in [0.3, 0.4) is 0 Å². The third kappa shape index (κ3) is 4.37. The molecular weight excluding hydrogens is 437 g/mol. The summed E-state index contributed by atoms with van der Waals surface area (Å²) in [5, 5.41) is 4.32. The van der Waals surface area contributed by atoms with Crippen LogP contribution in [0, 0.1) is 0 Å². The van der Waals surface area contributed by atoms with Gasteiger partial charge >= 0.3 is 6.18 Å². The highest BCUT2D eigenvalue weighted by Crippen LogP contribution is 2.36. The summed E-state index contributed by atoms with van der Waals surface area (Å²) in [6, 6.07) is 4.31. The van der Waals surface area contributed by atoms with E-state index in [1.807, 2.05) is 21.7 Å². The van der Waals surface area contributed by atoms with E-state index >= 15 is 0 Å². The smallest absolute Gasteiger partial charge is 0.354 e. The van der Waals surface area contributed by atoms with Gasteiger partial charge in [-0.3, -0.25) is 4.79 Å². The molecule has 5 nitrogen and oxygen atoms in total. The predicted molar refractivity (Wildman–Crippen MR) is 114 cm³/mol. The standard InChI is InChI=1S/C20H19F3N4OS.ClH/c1-13(28)26-6-2-7-27(9-8-26)19-15-3-4-17(20(21,22)23)25-18(15)16(11-24-19)14-5-10-29-12-14;/h3-5,10-12H,2,6-9H2,1H3;1H. The van der Waals surface area contributed by atoms with E-state index in [-0.39, 0.29) is 23.8 Å². The quantitative estimate of drug-likeness (QED) is 0.552. The van der Waals surface area contributed by atoms with Gasteiger partial charge in [0.15, 0.2) is 0 Å². The molecule has 10 heteroatoms. The molecule has 1 aliphatic rings. The van der Waals surface area contributed by atoms with Gasteiger partial charge in [0, 0.05) is 50.2 Å². The number of carbonyl (C=O) groups is 1. The van der Waals surface area contributed by atoms with Crippen molar-refractivity contribution in [1.29, 1.82) is 0 Å². The zero-order valence-electron chi connectivity index (χ0n) is 16.1. The Balaban J connectivity index is 0.00000256. The SMILES string of the molecule is CC(=O)N1CCCN(c2ncc(-c3ccsc3)c3nc(C(F)(F)F)ccc23)CC1.Cl. The Hall–Kier alpha value is -2.39. The molecule has 0 unspecified atom stereocenters. The summed E-state index contributed by atoms with van der Waals surface area (Å²) in [6.45, 7) is 4.00. The number of amides is 1. The zero-order chi connectivity index (χ0) is 20.6. The molecule has 0 saturated carbocycles. The second kappa shape index (κ2) is 8.77. The number of pyridine rings is 2. The number of alkyl halides is 3. The average Bonchev–Trinajstić information content (AvgIpc) is 3.10. The lowest BCUT2D eigenvalue weighted by atomic mass is 10.1. The van der Waals surface area contributed by atoms with Crippen LogP contribution in [0.25, 0.3) is 22.0 Å². The second-order valence-corrected chi connectivity index (χ2v) is 7.72. The number of carbonyl (C=O) groups excluding carboxylic acids is 1. The molecule has 1 saturated heterocycles. The molecule has 4 heterocycles. The molecule has 160 valence electrons. The number of hydrogen-bond acceptors (Lipinski definition) is 5. The van der Waals surface area contributed by atoms with Gasteiger partial charge < -0.3 is 9.80 Å². The second-order valence-electron chi connectivity index (χ2n) is 6.94. The maximum atomic E-state index is 13.3. The Bertz CT molecular complexity index is 1040. The van der Waals surface area contributed by atoms with Crippen LogP contribution in [0.15, 0.2) is 35.2 Å². The number of anilines is 1. The van der Waals surface area contributed by atoms with Gasteiger partial charge in [0.2, 0.25) is 5.91 Å². The summed E-state index contributed by atoms with van der Waals surface area (Å²) in [6.07, 6.45) is -2.16. The summed E-state index contributed by atoms with van der Waals surface area (Å²) < 4.78 is 39.9. The summed E-state index contributed by atoms with van der Waals surface area (Å²) >= 11 is 1.47. The van der Waals surface area contributed by atoms with Gasteiger partial charge in [-0.1, -0.05) is 0 Å². The summed E-state index contributed by atoms with van der Waals surface area (Å²) in [7, 11) is 0. The van der Waals surface area contributed by atoms with Crippen LogP contribution < -0.4 is 4.90 Å². The van der Waals surface area contributed by atoms with E-state index in [9.17, 15) is 18.0 Å². The summed E-state index contributed by atoms with van der Waals surface area (Å²) in [4.78, 5) is 24.1. The molecule has 30 heavy (non-hydrogen) atoms. The Morgan fingerprint density at radius 2 is 1.93 bits per heavy atom. The highest BCUT2D eigenvalue weighted by atomic mass is 35.5. The van der Waals surface area contributed by atoms with Gasteiger partial charge in [-0.15, -0.1) is 12.4 Å². The summed E-state index contributed by atoms with van der Waals surface area (Å²) in [5.74, 6) is 0.625. The molecule has 3 aromatic rings. The fraction of sp³-hybridized carbons (Fsp3) is 0.350. The number of halogens is 4. The van der Waals surface area contributed by atoms with E-state index in [4.69, 9.17) is 0 Å². The van der Waals surface area contributed by atoms with E-state index in [2.05, 4.69) is 9.97 Å². The lowest BCUT2D eigenvalue weighted by Gasteiger charge is -2.24. The number of aromatic nitrogens is 2. The lowest BCUT2D eigenvalue weighted by molar-refractivity contribution is -0.141. The first-order chi connectivity index (χ1) is 13.8. The molecule has 0 N–H and O–H groups in total. The molecule has 1 fully saturated rings. The molecule has 1 aliphatic heterocycles. The van der Waals surface area contributed by atoms with Gasteiger partial charge in [-0.2, -0.15) is 24.5 Å². The normalized spacial score (nSPS) is 15.1. The van der Waals surface area contributed by atoms with Gasteiger partial charge in [-0.25, -0.2) is 9.97 Å². The molecule has 0 spiro atoms. The van der Waals surface area contributed by atoms with Gasteiger partial charge in [-0.05, 0) is 40.9 Å². The molecule has 0 aliphatic carbocycles. The maximum Gasteiger partial charge on any atom is 0.433 e. The molecule has 1 amide bonds. The van der Waals surface area contributed by atoms with Gasteiger partial charge in [0.05, 0.1) is 5.52 Å². The van der Waals surface area contributed by atoms with Crippen LogP contribution >= 0.6 is 23.7 Å². The van der Waals surface area contributed by atoms with Crippen molar-refractivity contribution in [3.8, 4) is 11.1 Å². The maximum absolute atomic E-state index is 13.3. The van der Waals surface area contributed by atoms with E-state index in [1.54, 1.807) is 18.0 Å². The van der Waals surface area contributed by atoms with Gasteiger partial charge in [0.1, 0.15) is 11.5 Å². The van der Waals surface area contributed by atoms with Crippen LogP contribution in [0.4, 0.5) is 19.0 Å². The van der Waals surface area contributed by atoms with Crippen LogP contribution in [-0.4, -0.2) is 47.0 Å². The minimum absolute atomic E-state index is 0. The molecule has 0 aromatic carbocycles. The van der Waals surface area contributed by atoms with Crippen molar-refractivity contribution in [2.45, 2.75) is 19.5 Å². The van der Waals surface area contributed by atoms with Crippen molar-refractivity contribution in [3.63, 3.8) is 0 Å². The Kier molecular flexibility index (Phi) is 6.52. The first-order valence-electron chi connectivity index (χ1n) is 9.24. The molecular formula is C20H20ClF3N4OS. The van der Waals surface area contributed by atoms with Crippen molar-refractivity contribution in [2.75, 3.05) is 31.1 Å². The largest absolute Gasteiger partial charge is 0.433 e. The number of fused-ring (bicyclic) bond motifs is 1. The first-order valence-corrected chi connectivity index (χ1v) is 10.2. The Morgan fingerprint density at radius 1 is 1.13 bits per heavy atom. The number of rotatable bonds is 2. The van der Waals surface area contributed by atoms with Crippen molar-refractivity contribution in [2.24, 2.45) is 0 Å². The predicted octanol–water partition coefficient (Wildman–Crippen LogP) is 4.86. The number of nitrogens with zero attached hydrogens (tertiary/aromatic N) is 4. The van der Waals surface area contributed by atoms with Crippen LogP contribution in [0.1, 0.15) is 19.0 Å². The lowest BCUT2D eigenvalue weighted by Crippen LogP contribution is -2.34. The fourth-order valence-electron chi connectivity index (χ4n) is 3.58. The van der Waals surface area contributed by atoms with E-state index in [1.165, 1.54) is 17.4 Å². The third-order valence-corrected chi connectivity index (χ3v) is 5.75. The Labute approximate surface area is 181 Å². The van der Waals surface area contributed by atoms with Crippen LogP contribution in [0.2, 0.25) is 0 Å². The van der Waals surface area contributed by atoms with Crippen molar-refractivity contribution in [3.05, 3.63) is 40.8 Å². The van der Waals surface area contributed by atoms with E-state index in [0.29, 0.717) is 42.9 Å². The van der Waals surface area contributed by atoms with Crippen molar-refractivity contribution in [1.82, 2.24) is 14.9 Å². The van der Waals surface area contributed by atoms with Gasteiger partial charge in [0.25, 0.3) is 0 Å². The molecule has 0 atom stereocenters. The zero-order valence-corrected chi connectivity index (χ0v) is 17.8. The molecule has 4 rings (SSSR count). The number of thiophene rings is 1. The monoisotopic (exact) mass is 456 g/mol. The van der Waals surface area contributed by atoms with Crippen molar-refractivity contribution < 1.29 is 18.0 Å².